The van der Waals surface area contributed by atoms with Gasteiger partial charge in [-0.2, -0.15) is 0 Å². The summed E-state index contributed by atoms with van der Waals surface area (Å²) in [6, 6.07) is 14.7. The number of likely N-dealkylation sites (N-methyl/N-ethyl adjacent to an activating group) is 1. The molecule has 0 bridgehead atoms. The predicted molar refractivity (Wildman–Crippen MR) is 106 cm³/mol. The lowest BCUT2D eigenvalue weighted by Gasteiger charge is -2.26. The Morgan fingerprint density at radius 1 is 1.19 bits per heavy atom. The van der Waals surface area contributed by atoms with Crippen LogP contribution in [0.1, 0.15) is 18.0 Å². The largest absolute Gasteiger partial charge is 0.419 e. The Morgan fingerprint density at radius 2 is 1.89 bits per heavy atom. The second kappa shape index (κ2) is 8.41. The molecule has 0 aliphatic heterocycles. The fourth-order valence-corrected chi connectivity index (χ4v) is 3.32. The van der Waals surface area contributed by atoms with Crippen molar-refractivity contribution >= 4 is 28.6 Å². The summed E-state index contributed by atoms with van der Waals surface area (Å²) in [7, 11) is 3.88. The highest BCUT2D eigenvalue weighted by Gasteiger charge is 2.18. The van der Waals surface area contributed by atoms with Crippen LogP contribution in [0.25, 0.3) is 11.1 Å². The maximum Gasteiger partial charge on any atom is 0.419 e. The van der Waals surface area contributed by atoms with Crippen molar-refractivity contribution in [3.63, 3.8) is 0 Å². The minimum Gasteiger partial charge on any atom is -0.408 e. The van der Waals surface area contributed by atoms with Gasteiger partial charge in [-0.25, -0.2) is 4.79 Å². The van der Waals surface area contributed by atoms with E-state index < -0.39 is 5.76 Å². The fourth-order valence-electron chi connectivity index (χ4n) is 3.05. The Hall–Kier alpha value is -2.57. The molecular formula is C20H22ClN3O3. The van der Waals surface area contributed by atoms with Crippen LogP contribution in [0, 0.1) is 0 Å². The summed E-state index contributed by atoms with van der Waals surface area (Å²) < 4.78 is 6.66. The molecule has 1 heterocycles. The van der Waals surface area contributed by atoms with Crippen LogP contribution in [0.4, 0.5) is 0 Å². The van der Waals surface area contributed by atoms with E-state index in [9.17, 15) is 9.59 Å². The Kier molecular flexibility index (Phi) is 5.98. The van der Waals surface area contributed by atoms with Gasteiger partial charge in [0.15, 0.2) is 5.58 Å². The number of carbonyl (C=O) groups excluding carboxylic acids is 1. The van der Waals surface area contributed by atoms with Crippen LogP contribution >= 0.6 is 11.6 Å². The second-order valence-electron chi connectivity index (χ2n) is 6.54. The number of para-hydroxylation sites is 2. The molecule has 27 heavy (non-hydrogen) atoms. The van der Waals surface area contributed by atoms with Gasteiger partial charge in [0, 0.05) is 24.5 Å². The highest BCUT2D eigenvalue weighted by Crippen LogP contribution is 2.25. The maximum atomic E-state index is 12.3. The monoisotopic (exact) mass is 387 g/mol. The van der Waals surface area contributed by atoms with Crippen molar-refractivity contribution in [3.8, 4) is 0 Å². The normalized spacial score (nSPS) is 12.4. The van der Waals surface area contributed by atoms with E-state index in [1.54, 1.807) is 18.2 Å². The molecule has 1 N–H and O–H groups in total. The molecule has 0 saturated heterocycles. The minimum absolute atomic E-state index is 0.0415. The van der Waals surface area contributed by atoms with Crippen LogP contribution in [0.5, 0.6) is 0 Å². The number of amides is 1. The van der Waals surface area contributed by atoms with E-state index in [-0.39, 0.29) is 24.9 Å². The molecule has 6 nitrogen and oxygen atoms in total. The third-order valence-corrected chi connectivity index (χ3v) is 4.86. The first-order valence-corrected chi connectivity index (χ1v) is 9.11. The van der Waals surface area contributed by atoms with Crippen molar-refractivity contribution in [2.75, 3.05) is 20.6 Å². The average Bonchev–Trinajstić information content (AvgIpc) is 2.96. The second-order valence-corrected chi connectivity index (χ2v) is 6.95. The summed E-state index contributed by atoms with van der Waals surface area (Å²) in [4.78, 5) is 26.3. The number of oxazole rings is 1. The predicted octanol–water partition coefficient (Wildman–Crippen LogP) is 3.06. The van der Waals surface area contributed by atoms with Gasteiger partial charge in [-0.05, 0) is 37.9 Å². The quantitative estimate of drug-likeness (QED) is 0.676. The van der Waals surface area contributed by atoms with Gasteiger partial charge in [0.05, 0.1) is 11.6 Å². The standard InChI is InChI=1S/C20H22ClN3O3/c1-23(2)17(14-7-3-4-8-15(14)21)13-22-19(25)11-12-24-16-9-5-6-10-18(16)27-20(24)26/h3-10,17H,11-13H2,1-2H3,(H,22,25)/t17-/m1/s1. The molecule has 3 aromatic rings. The third-order valence-electron chi connectivity index (χ3n) is 4.52. The number of benzene rings is 2. The Balaban J connectivity index is 1.62. The lowest BCUT2D eigenvalue weighted by molar-refractivity contribution is -0.121. The van der Waals surface area contributed by atoms with E-state index >= 15 is 0 Å². The van der Waals surface area contributed by atoms with Gasteiger partial charge in [0.1, 0.15) is 0 Å². The number of nitrogens with one attached hydrogen (secondary N) is 1. The van der Waals surface area contributed by atoms with Crippen LogP contribution in [0.15, 0.2) is 57.7 Å². The van der Waals surface area contributed by atoms with Crippen LogP contribution in [0.2, 0.25) is 5.02 Å². The van der Waals surface area contributed by atoms with Crippen LogP contribution in [0.3, 0.4) is 0 Å². The first kappa shape index (κ1) is 19.2. The zero-order valence-corrected chi connectivity index (χ0v) is 16.1. The molecule has 2 aromatic carbocycles. The molecule has 1 aromatic heterocycles. The molecule has 3 rings (SSSR count). The first-order valence-electron chi connectivity index (χ1n) is 8.73. The highest BCUT2D eigenvalue weighted by molar-refractivity contribution is 6.31. The van der Waals surface area contributed by atoms with Crippen molar-refractivity contribution in [1.29, 1.82) is 0 Å². The Labute approximate surface area is 162 Å². The summed E-state index contributed by atoms with van der Waals surface area (Å²) in [5.74, 6) is -0.586. The number of aryl methyl sites for hydroxylation is 1. The first-order chi connectivity index (χ1) is 13.0. The van der Waals surface area contributed by atoms with Crippen LogP contribution in [-0.4, -0.2) is 36.0 Å². The molecule has 0 fully saturated rings. The van der Waals surface area contributed by atoms with Crippen molar-refractivity contribution in [2.45, 2.75) is 19.0 Å². The van der Waals surface area contributed by atoms with E-state index in [0.29, 0.717) is 22.7 Å². The SMILES string of the molecule is CN(C)[C@H](CNC(=O)CCn1c(=O)oc2ccccc21)c1ccccc1Cl. The van der Waals surface area contributed by atoms with E-state index in [1.807, 2.05) is 49.3 Å². The summed E-state index contributed by atoms with van der Waals surface area (Å²) in [5, 5.41) is 3.60. The molecule has 0 unspecified atom stereocenters. The topological polar surface area (TPSA) is 67.5 Å². The molecule has 0 aliphatic rings. The summed E-state index contributed by atoms with van der Waals surface area (Å²) >= 11 is 6.29. The van der Waals surface area contributed by atoms with E-state index in [1.165, 1.54) is 4.57 Å². The number of halogens is 1. The Morgan fingerprint density at radius 3 is 2.63 bits per heavy atom. The van der Waals surface area contributed by atoms with Gasteiger partial charge >= 0.3 is 5.76 Å². The van der Waals surface area contributed by atoms with E-state index in [4.69, 9.17) is 16.0 Å². The summed E-state index contributed by atoms with van der Waals surface area (Å²) in [5.41, 5.74) is 2.17. The van der Waals surface area contributed by atoms with Gasteiger partial charge in [-0.1, -0.05) is 41.9 Å². The van der Waals surface area contributed by atoms with Gasteiger partial charge in [-0.15, -0.1) is 0 Å². The maximum absolute atomic E-state index is 12.3. The molecule has 7 heteroatoms. The molecule has 142 valence electrons. The molecule has 0 saturated carbocycles. The number of rotatable bonds is 7. The van der Waals surface area contributed by atoms with Crippen molar-refractivity contribution < 1.29 is 9.21 Å². The van der Waals surface area contributed by atoms with Gasteiger partial charge in [-0.3, -0.25) is 9.36 Å². The number of aromatic nitrogens is 1. The average molecular weight is 388 g/mol. The van der Waals surface area contributed by atoms with Crippen molar-refractivity contribution in [3.05, 3.63) is 69.7 Å². The molecular weight excluding hydrogens is 366 g/mol. The molecule has 1 atom stereocenters. The molecule has 0 radical (unpaired) electrons. The molecule has 0 aliphatic carbocycles. The minimum atomic E-state index is -0.453. The van der Waals surface area contributed by atoms with Crippen molar-refractivity contribution in [1.82, 2.24) is 14.8 Å². The van der Waals surface area contributed by atoms with E-state index in [0.717, 1.165) is 5.56 Å². The zero-order valence-electron chi connectivity index (χ0n) is 15.3. The number of carbonyl (C=O) groups is 1. The lowest BCUT2D eigenvalue weighted by atomic mass is 10.1. The third kappa shape index (κ3) is 4.40. The summed E-state index contributed by atoms with van der Waals surface area (Å²) in [6.45, 7) is 0.691. The highest BCUT2D eigenvalue weighted by atomic mass is 35.5. The molecule has 1 amide bonds. The fraction of sp³-hybridized carbons (Fsp3) is 0.300. The van der Waals surface area contributed by atoms with Crippen LogP contribution in [-0.2, 0) is 11.3 Å². The summed E-state index contributed by atoms with van der Waals surface area (Å²) in [6.07, 6.45) is 0.187. The number of nitrogens with zero attached hydrogens (tertiary/aromatic N) is 2. The Bertz CT molecular complexity index is 993. The zero-order chi connectivity index (χ0) is 19.4. The van der Waals surface area contributed by atoms with Crippen LogP contribution < -0.4 is 11.1 Å². The molecule has 0 spiro atoms. The number of hydrogen-bond donors (Lipinski definition) is 1. The van der Waals surface area contributed by atoms with Gasteiger partial charge in [0.2, 0.25) is 5.91 Å². The van der Waals surface area contributed by atoms with Gasteiger partial charge in [0.25, 0.3) is 0 Å². The lowest BCUT2D eigenvalue weighted by Crippen LogP contribution is -2.35. The van der Waals surface area contributed by atoms with Crippen molar-refractivity contribution in [2.24, 2.45) is 0 Å². The number of fused-ring (bicyclic) bond motifs is 1. The smallest absolute Gasteiger partial charge is 0.408 e. The number of hydrogen-bond acceptors (Lipinski definition) is 4. The van der Waals surface area contributed by atoms with E-state index in [2.05, 4.69) is 5.32 Å². The van der Waals surface area contributed by atoms with Gasteiger partial charge < -0.3 is 14.6 Å².